The molecule has 0 aliphatic carbocycles. The van der Waals surface area contributed by atoms with Crippen LogP contribution in [0.5, 0.6) is 0 Å². The summed E-state index contributed by atoms with van der Waals surface area (Å²) in [6, 6.07) is 8.61. The maximum atomic E-state index is 10.7. The average molecular weight is 280 g/mol. The number of aryl methyl sites for hydroxylation is 1. The van der Waals surface area contributed by atoms with E-state index in [9.17, 15) is 4.79 Å². The van der Waals surface area contributed by atoms with Crippen LogP contribution in [0.25, 0.3) is 0 Å². The Labute approximate surface area is 116 Å². The van der Waals surface area contributed by atoms with Crippen LogP contribution in [-0.4, -0.2) is 11.1 Å². The molecule has 4 nitrogen and oxygen atoms in total. The van der Waals surface area contributed by atoms with Gasteiger partial charge >= 0.3 is 5.97 Å². The van der Waals surface area contributed by atoms with Crippen molar-refractivity contribution in [2.45, 2.75) is 19.9 Å². The minimum absolute atomic E-state index is 0.0643. The molecule has 2 aromatic rings. The van der Waals surface area contributed by atoms with E-state index in [2.05, 4.69) is 5.32 Å². The molecular formula is C14H14ClNO3. The normalized spacial score (nSPS) is 12.2. The second kappa shape index (κ2) is 5.36. The second-order valence-corrected chi connectivity index (χ2v) is 4.74. The number of carboxylic acids is 1. The molecule has 0 aliphatic heterocycles. The molecule has 0 aliphatic rings. The number of carbonyl (C=O) groups is 1. The van der Waals surface area contributed by atoms with Gasteiger partial charge in [-0.15, -0.1) is 0 Å². The predicted molar refractivity (Wildman–Crippen MR) is 73.9 cm³/mol. The summed E-state index contributed by atoms with van der Waals surface area (Å²) >= 11 is 6.05. The fourth-order valence-corrected chi connectivity index (χ4v) is 1.88. The highest BCUT2D eigenvalue weighted by Gasteiger charge is 2.14. The van der Waals surface area contributed by atoms with Crippen molar-refractivity contribution in [1.29, 1.82) is 0 Å². The molecule has 1 heterocycles. The Morgan fingerprint density at radius 3 is 2.68 bits per heavy atom. The molecule has 0 saturated heterocycles. The number of hydrogen-bond acceptors (Lipinski definition) is 3. The number of anilines is 1. The van der Waals surface area contributed by atoms with Gasteiger partial charge in [0.1, 0.15) is 5.76 Å². The summed E-state index contributed by atoms with van der Waals surface area (Å²) in [6.45, 7) is 3.82. The molecule has 1 unspecified atom stereocenters. The van der Waals surface area contributed by atoms with Gasteiger partial charge in [0.05, 0.1) is 6.04 Å². The van der Waals surface area contributed by atoms with Gasteiger partial charge in [0.15, 0.2) is 0 Å². The molecule has 19 heavy (non-hydrogen) atoms. The van der Waals surface area contributed by atoms with Crippen molar-refractivity contribution in [2.24, 2.45) is 0 Å². The van der Waals surface area contributed by atoms with Crippen molar-refractivity contribution >= 4 is 23.3 Å². The molecule has 100 valence electrons. The molecule has 0 bridgehead atoms. The van der Waals surface area contributed by atoms with Crippen LogP contribution in [-0.2, 0) is 0 Å². The Kier molecular flexibility index (Phi) is 3.81. The summed E-state index contributed by atoms with van der Waals surface area (Å²) in [5.41, 5.74) is 1.86. The maximum absolute atomic E-state index is 10.7. The highest BCUT2D eigenvalue weighted by atomic mass is 35.5. The molecule has 1 aromatic heterocycles. The zero-order valence-corrected chi connectivity index (χ0v) is 11.4. The molecule has 5 heteroatoms. The minimum Gasteiger partial charge on any atom is -0.475 e. The molecule has 0 spiro atoms. The van der Waals surface area contributed by atoms with Crippen molar-refractivity contribution < 1.29 is 14.3 Å². The zero-order valence-electron chi connectivity index (χ0n) is 10.6. The number of nitrogens with one attached hydrogen (secondary N) is 1. The standard InChI is InChI=1S/C14H14ClNO3/c1-8-3-4-10(7-11(8)15)16-9(2)12-5-6-13(19-12)14(17)18/h3-7,9,16H,1-2H3,(H,17,18). The predicted octanol–water partition coefficient (Wildman–Crippen LogP) is 4.11. The molecular weight excluding hydrogens is 266 g/mol. The van der Waals surface area contributed by atoms with Gasteiger partial charge in [0, 0.05) is 10.7 Å². The van der Waals surface area contributed by atoms with Crippen LogP contribution in [0.4, 0.5) is 5.69 Å². The molecule has 2 rings (SSSR count). The lowest BCUT2D eigenvalue weighted by atomic mass is 10.2. The molecule has 2 N–H and O–H groups in total. The van der Waals surface area contributed by atoms with E-state index >= 15 is 0 Å². The summed E-state index contributed by atoms with van der Waals surface area (Å²) in [7, 11) is 0. The van der Waals surface area contributed by atoms with Crippen LogP contribution in [0, 0.1) is 6.92 Å². The van der Waals surface area contributed by atoms with E-state index in [0.29, 0.717) is 10.8 Å². The lowest BCUT2D eigenvalue weighted by molar-refractivity contribution is 0.0660. The van der Waals surface area contributed by atoms with Crippen LogP contribution in [0.15, 0.2) is 34.7 Å². The number of carboxylic acid groups (broad SMARTS) is 1. The smallest absolute Gasteiger partial charge is 0.371 e. The maximum Gasteiger partial charge on any atom is 0.371 e. The Hall–Kier alpha value is -1.94. The lowest BCUT2D eigenvalue weighted by Crippen LogP contribution is -2.05. The monoisotopic (exact) mass is 279 g/mol. The average Bonchev–Trinajstić information content (AvgIpc) is 2.83. The van der Waals surface area contributed by atoms with Gasteiger partial charge < -0.3 is 14.8 Å². The fraction of sp³-hybridized carbons (Fsp3) is 0.214. The summed E-state index contributed by atoms with van der Waals surface area (Å²) in [5.74, 6) is -0.573. The van der Waals surface area contributed by atoms with Crippen molar-refractivity contribution in [3.8, 4) is 0 Å². The molecule has 0 saturated carbocycles. The van der Waals surface area contributed by atoms with Crippen LogP contribution >= 0.6 is 11.6 Å². The Bertz CT molecular complexity index is 606. The highest BCUT2D eigenvalue weighted by Crippen LogP contribution is 2.25. The quantitative estimate of drug-likeness (QED) is 0.884. The van der Waals surface area contributed by atoms with Crippen LogP contribution in [0.2, 0.25) is 5.02 Å². The van der Waals surface area contributed by atoms with E-state index in [1.807, 2.05) is 32.0 Å². The largest absolute Gasteiger partial charge is 0.475 e. The first-order valence-corrected chi connectivity index (χ1v) is 6.21. The van der Waals surface area contributed by atoms with E-state index in [1.54, 1.807) is 6.07 Å². The number of hydrogen-bond donors (Lipinski definition) is 2. The first kappa shape index (κ1) is 13.5. The Morgan fingerprint density at radius 2 is 2.11 bits per heavy atom. The van der Waals surface area contributed by atoms with Crippen LogP contribution in [0.1, 0.15) is 34.8 Å². The zero-order chi connectivity index (χ0) is 14.0. The van der Waals surface area contributed by atoms with Gasteiger partial charge in [-0.05, 0) is 43.7 Å². The van der Waals surface area contributed by atoms with Crippen molar-refractivity contribution in [2.75, 3.05) is 5.32 Å². The van der Waals surface area contributed by atoms with Gasteiger partial charge in [0.2, 0.25) is 5.76 Å². The summed E-state index contributed by atoms with van der Waals surface area (Å²) in [4.78, 5) is 10.7. The topological polar surface area (TPSA) is 62.5 Å². The number of aromatic carboxylic acids is 1. The van der Waals surface area contributed by atoms with E-state index in [-0.39, 0.29) is 11.8 Å². The third-order valence-electron chi connectivity index (χ3n) is 2.82. The summed E-state index contributed by atoms with van der Waals surface area (Å²) in [6.07, 6.45) is 0. The highest BCUT2D eigenvalue weighted by molar-refractivity contribution is 6.31. The van der Waals surface area contributed by atoms with E-state index in [4.69, 9.17) is 21.1 Å². The minimum atomic E-state index is -1.07. The SMILES string of the molecule is Cc1ccc(NC(C)c2ccc(C(=O)O)o2)cc1Cl. The van der Waals surface area contributed by atoms with Crippen LogP contribution < -0.4 is 5.32 Å². The van der Waals surface area contributed by atoms with Gasteiger partial charge in [-0.3, -0.25) is 0 Å². The molecule has 0 radical (unpaired) electrons. The number of benzene rings is 1. The van der Waals surface area contributed by atoms with Crippen LogP contribution in [0.3, 0.4) is 0 Å². The Morgan fingerprint density at radius 1 is 1.37 bits per heavy atom. The molecule has 0 fully saturated rings. The number of halogens is 1. The summed E-state index contributed by atoms with van der Waals surface area (Å²) < 4.78 is 5.24. The van der Waals surface area contributed by atoms with Gasteiger partial charge in [-0.2, -0.15) is 0 Å². The first-order chi connectivity index (χ1) is 8.97. The first-order valence-electron chi connectivity index (χ1n) is 5.83. The van der Waals surface area contributed by atoms with Gasteiger partial charge in [-0.25, -0.2) is 4.79 Å². The van der Waals surface area contributed by atoms with Crippen molar-refractivity contribution in [3.63, 3.8) is 0 Å². The molecule has 0 amide bonds. The third kappa shape index (κ3) is 3.09. The molecule has 1 atom stereocenters. The Balaban J connectivity index is 2.13. The third-order valence-corrected chi connectivity index (χ3v) is 3.23. The number of furan rings is 1. The lowest BCUT2D eigenvalue weighted by Gasteiger charge is -2.13. The summed E-state index contributed by atoms with van der Waals surface area (Å²) in [5, 5.41) is 12.7. The van der Waals surface area contributed by atoms with Gasteiger partial charge in [0.25, 0.3) is 0 Å². The van der Waals surface area contributed by atoms with E-state index < -0.39 is 5.97 Å². The van der Waals surface area contributed by atoms with Crippen molar-refractivity contribution in [1.82, 2.24) is 0 Å². The molecule has 1 aromatic carbocycles. The fourth-order valence-electron chi connectivity index (χ4n) is 1.70. The van der Waals surface area contributed by atoms with Crippen molar-refractivity contribution in [3.05, 3.63) is 52.4 Å². The second-order valence-electron chi connectivity index (χ2n) is 4.34. The number of rotatable bonds is 4. The van der Waals surface area contributed by atoms with E-state index in [0.717, 1.165) is 11.3 Å². The van der Waals surface area contributed by atoms with E-state index in [1.165, 1.54) is 6.07 Å². The van der Waals surface area contributed by atoms with Gasteiger partial charge in [-0.1, -0.05) is 17.7 Å².